The maximum absolute atomic E-state index is 5.97. The molecule has 0 radical (unpaired) electrons. The molecular weight excluding hydrogens is 288 g/mol. The Labute approximate surface area is 138 Å². The van der Waals surface area contributed by atoms with E-state index in [0.29, 0.717) is 11.3 Å². The third-order valence-electron chi connectivity index (χ3n) is 5.52. The Morgan fingerprint density at radius 2 is 2.26 bits per heavy atom. The van der Waals surface area contributed by atoms with Gasteiger partial charge in [-0.2, -0.15) is 0 Å². The molecule has 0 spiro atoms. The molecule has 2 heterocycles. The largest absolute Gasteiger partial charge is 0.472 e. The predicted molar refractivity (Wildman–Crippen MR) is 90.6 cm³/mol. The second kappa shape index (κ2) is 6.02. The van der Waals surface area contributed by atoms with E-state index in [1.54, 1.807) is 6.20 Å². The second-order valence-electron chi connectivity index (χ2n) is 7.18. The van der Waals surface area contributed by atoms with Gasteiger partial charge in [0.1, 0.15) is 6.10 Å². The highest BCUT2D eigenvalue weighted by molar-refractivity contribution is 5.80. The van der Waals surface area contributed by atoms with Crippen molar-refractivity contribution in [2.45, 2.75) is 38.2 Å². The minimum atomic E-state index is 0.196. The third kappa shape index (κ3) is 3.28. The van der Waals surface area contributed by atoms with Gasteiger partial charge < -0.3 is 15.0 Å². The fourth-order valence-electron chi connectivity index (χ4n) is 3.78. The van der Waals surface area contributed by atoms with Crippen LogP contribution in [0.4, 0.5) is 0 Å². The van der Waals surface area contributed by atoms with Gasteiger partial charge in [-0.3, -0.25) is 4.99 Å². The number of pyridine rings is 1. The van der Waals surface area contributed by atoms with E-state index in [0.717, 1.165) is 37.9 Å². The van der Waals surface area contributed by atoms with Crippen LogP contribution >= 0.6 is 0 Å². The summed E-state index contributed by atoms with van der Waals surface area (Å²) >= 11 is 0. The normalized spacial score (nSPS) is 26.2. The number of aromatic nitrogens is 1. The molecule has 0 amide bonds. The molecular formula is C18H26N4O. The molecule has 23 heavy (non-hydrogen) atoms. The second-order valence-corrected chi connectivity index (χ2v) is 7.18. The highest BCUT2D eigenvalue weighted by Crippen LogP contribution is 2.60. The summed E-state index contributed by atoms with van der Waals surface area (Å²) < 4.78 is 5.97. The van der Waals surface area contributed by atoms with Crippen LogP contribution in [0.15, 0.2) is 29.4 Å². The van der Waals surface area contributed by atoms with Crippen LogP contribution in [0.5, 0.6) is 5.88 Å². The van der Waals surface area contributed by atoms with E-state index in [9.17, 15) is 0 Å². The molecule has 2 aliphatic carbocycles. The van der Waals surface area contributed by atoms with E-state index in [1.807, 2.05) is 25.2 Å². The van der Waals surface area contributed by atoms with E-state index < -0.39 is 0 Å². The number of rotatable bonds is 5. The Kier molecular flexibility index (Phi) is 3.87. The maximum atomic E-state index is 5.97. The van der Waals surface area contributed by atoms with Crippen molar-refractivity contribution in [3.8, 4) is 5.88 Å². The van der Waals surface area contributed by atoms with Crippen molar-refractivity contribution in [2.75, 3.05) is 26.7 Å². The minimum absolute atomic E-state index is 0.196. The fourth-order valence-corrected chi connectivity index (χ4v) is 3.78. The van der Waals surface area contributed by atoms with Crippen molar-refractivity contribution < 1.29 is 4.74 Å². The molecule has 124 valence electrons. The Hall–Kier alpha value is -1.78. The van der Waals surface area contributed by atoms with Crippen LogP contribution in [0.2, 0.25) is 0 Å². The molecule has 0 aromatic carbocycles. The highest BCUT2D eigenvalue weighted by Gasteiger charge is 2.53. The lowest BCUT2D eigenvalue weighted by Gasteiger charge is -2.24. The Bertz CT molecular complexity index is 566. The first-order valence-electron chi connectivity index (χ1n) is 8.82. The number of aliphatic imine (C=N–C) groups is 1. The topological polar surface area (TPSA) is 49.8 Å². The first kappa shape index (κ1) is 14.8. The van der Waals surface area contributed by atoms with E-state index in [-0.39, 0.29) is 6.10 Å². The number of guanidine groups is 1. The van der Waals surface area contributed by atoms with Crippen molar-refractivity contribution in [1.29, 1.82) is 0 Å². The summed E-state index contributed by atoms with van der Waals surface area (Å²) in [5.41, 5.74) is 0.597. The SMILES string of the molecule is CN=C(NCC1(C2CC2)CC1)N1CCC(Oc2ccccn2)C1. The zero-order valence-electron chi connectivity index (χ0n) is 13.9. The highest BCUT2D eigenvalue weighted by atomic mass is 16.5. The average Bonchev–Trinajstić information content (AvgIpc) is 3.48. The van der Waals surface area contributed by atoms with E-state index >= 15 is 0 Å². The Morgan fingerprint density at radius 3 is 2.91 bits per heavy atom. The fraction of sp³-hybridized carbons (Fsp3) is 0.667. The van der Waals surface area contributed by atoms with Gasteiger partial charge in [0.05, 0.1) is 6.54 Å². The summed E-state index contributed by atoms with van der Waals surface area (Å²) in [4.78, 5) is 11.0. The van der Waals surface area contributed by atoms with Crippen LogP contribution in [0.25, 0.3) is 0 Å². The number of hydrogen-bond donors (Lipinski definition) is 1. The first-order chi connectivity index (χ1) is 11.3. The molecule has 1 N–H and O–H groups in total. The van der Waals surface area contributed by atoms with Crippen LogP contribution < -0.4 is 10.1 Å². The smallest absolute Gasteiger partial charge is 0.213 e. The lowest BCUT2D eigenvalue weighted by atomic mass is 10.0. The summed E-state index contributed by atoms with van der Waals surface area (Å²) in [7, 11) is 1.88. The zero-order chi connectivity index (χ0) is 15.7. The van der Waals surface area contributed by atoms with Crippen molar-refractivity contribution in [1.82, 2.24) is 15.2 Å². The molecule has 3 fully saturated rings. The molecule has 4 rings (SSSR count). The summed E-state index contributed by atoms with van der Waals surface area (Å²) in [6, 6.07) is 5.79. The standard InChI is InChI=1S/C18H26N4O/c1-19-17(21-13-18(8-9-18)14-5-6-14)22-11-7-15(12-22)23-16-4-2-3-10-20-16/h2-4,10,14-15H,5-9,11-13H2,1H3,(H,19,21). The van der Waals surface area contributed by atoms with Crippen molar-refractivity contribution in [2.24, 2.45) is 16.3 Å². The summed E-state index contributed by atoms with van der Waals surface area (Å²) in [5.74, 6) is 2.73. The van der Waals surface area contributed by atoms with Crippen molar-refractivity contribution in [3.63, 3.8) is 0 Å². The lowest BCUT2D eigenvalue weighted by Crippen LogP contribution is -2.43. The molecule has 1 unspecified atom stereocenters. The number of nitrogens with one attached hydrogen (secondary N) is 1. The van der Waals surface area contributed by atoms with Gasteiger partial charge in [-0.25, -0.2) is 4.98 Å². The van der Waals surface area contributed by atoms with Gasteiger partial charge in [-0.15, -0.1) is 0 Å². The average molecular weight is 314 g/mol. The zero-order valence-corrected chi connectivity index (χ0v) is 13.9. The van der Waals surface area contributed by atoms with Gasteiger partial charge in [0.15, 0.2) is 5.96 Å². The lowest BCUT2D eigenvalue weighted by molar-refractivity contribution is 0.205. The van der Waals surface area contributed by atoms with E-state index in [2.05, 4.69) is 20.2 Å². The summed E-state index contributed by atoms with van der Waals surface area (Å²) in [6.07, 6.45) is 8.65. The van der Waals surface area contributed by atoms with Gasteiger partial charge >= 0.3 is 0 Å². The monoisotopic (exact) mass is 314 g/mol. The van der Waals surface area contributed by atoms with Crippen molar-refractivity contribution in [3.05, 3.63) is 24.4 Å². The molecule has 1 aromatic rings. The quantitative estimate of drug-likeness (QED) is 0.669. The van der Waals surface area contributed by atoms with Crippen LogP contribution in [0, 0.1) is 11.3 Å². The van der Waals surface area contributed by atoms with Gasteiger partial charge in [0.25, 0.3) is 0 Å². The molecule has 1 aliphatic heterocycles. The first-order valence-corrected chi connectivity index (χ1v) is 8.82. The van der Waals surface area contributed by atoms with Crippen LogP contribution in [-0.4, -0.2) is 48.6 Å². The third-order valence-corrected chi connectivity index (χ3v) is 5.52. The molecule has 1 saturated heterocycles. The van der Waals surface area contributed by atoms with Crippen LogP contribution in [0.3, 0.4) is 0 Å². The van der Waals surface area contributed by atoms with E-state index in [4.69, 9.17) is 4.74 Å². The molecule has 2 saturated carbocycles. The van der Waals surface area contributed by atoms with Gasteiger partial charge in [0.2, 0.25) is 5.88 Å². The number of likely N-dealkylation sites (tertiary alicyclic amines) is 1. The molecule has 5 nitrogen and oxygen atoms in total. The van der Waals surface area contributed by atoms with Crippen LogP contribution in [0.1, 0.15) is 32.1 Å². The molecule has 3 aliphatic rings. The maximum Gasteiger partial charge on any atom is 0.213 e. The summed E-state index contributed by atoms with van der Waals surface area (Å²) in [6.45, 7) is 2.97. The Balaban J connectivity index is 1.29. The van der Waals surface area contributed by atoms with Crippen molar-refractivity contribution >= 4 is 5.96 Å². The molecule has 1 aromatic heterocycles. The number of hydrogen-bond acceptors (Lipinski definition) is 3. The molecule has 0 bridgehead atoms. The van der Waals surface area contributed by atoms with E-state index in [1.165, 1.54) is 25.7 Å². The predicted octanol–water partition coefficient (Wildman–Crippen LogP) is 2.30. The molecule has 5 heteroatoms. The van der Waals surface area contributed by atoms with Gasteiger partial charge in [-0.1, -0.05) is 6.07 Å². The summed E-state index contributed by atoms with van der Waals surface area (Å²) in [5, 5.41) is 3.62. The number of nitrogens with zero attached hydrogens (tertiary/aromatic N) is 3. The minimum Gasteiger partial charge on any atom is -0.472 e. The number of ether oxygens (including phenoxy) is 1. The van der Waals surface area contributed by atoms with Crippen LogP contribution in [-0.2, 0) is 0 Å². The van der Waals surface area contributed by atoms with Gasteiger partial charge in [0, 0.05) is 38.8 Å². The molecule has 1 atom stereocenters. The van der Waals surface area contributed by atoms with Gasteiger partial charge in [-0.05, 0) is 43.1 Å². The Morgan fingerprint density at radius 1 is 1.39 bits per heavy atom.